The second-order valence-corrected chi connectivity index (χ2v) is 3.35. The predicted octanol–water partition coefficient (Wildman–Crippen LogP) is 2.15. The number of rotatable bonds is 1. The van der Waals surface area contributed by atoms with E-state index in [4.69, 9.17) is 9.78 Å². The highest BCUT2D eigenvalue weighted by molar-refractivity contribution is 5.75. The number of fused-ring (bicyclic) bond motifs is 1. The van der Waals surface area contributed by atoms with Gasteiger partial charge in [0.05, 0.1) is 6.61 Å². The van der Waals surface area contributed by atoms with Crippen LogP contribution in [0.3, 0.4) is 0 Å². The molecule has 0 amide bonds. The van der Waals surface area contributed by atoms with Crippen molar-refractivity contribution in [3.05, 3.63) is 29.3 Å². The summed E-state index contributed by atoms with van der Waals surface area (Å²) >= 11 is 0. The molecule has 0 saturated carbocycles. The van der Waals surface area contributed by atoms with Crippen LogP contribution in [0.15, 0.2) is 18.2 Å². The van der Waals surface area contributed by atoms with Gasteiger partial charge in [-0.25, -0.2) is 0 Å². The summed E-state index contributed by atoms with van der Waals surface area (Å²) in [7, 11) is 0. The molecule has 0 saturated heterocycles. The Kier molecular flexibility index (Phi) is 2.79. The Balaban J connectivity index is 2.30. The smallest absolute Gasteiger partial charge is 0.169 e. The summed E-state index contributed by atoms with van der Waals surface area (Å²) in [5.41, 5.74) is 1.73. The van der Waals surface area contributed by atoms with Gasteiger partial charge < -0.3 is 4.89 Å². The first-order chi connectivity index (χ1) is 6.90. The number of hydrogen-bond acceptors (Lipinski definition) is 3. The summed E-state index contributed by atoms with van der Waals surface area (Å²) in [5.74, 6) is 0.675. The van der Waals surface area contributed by atoms with Crippen molar-refractivity contribution in [1.29, 1.82) is 0 Å². The topological polar surface area (TPSA) is 35.5 Å². The van der Waals surface area contributed by atoms with E-state index in [0.717, 1.165) is 31.1 Å². The lowest BCUT2D eigenvalue weighted by Gasteiger charge is -2.13. The summed E-state index contributed by atoms with van der Waals surface area (Å²) in [4.78, 5) is 20.6. The third-order valence-corrected chi connectivity index (χ3v) is 2.30. The van der Waals surface area contributed by atoms with Gasteiger partial charge in [-0.2, -0.15) is 4.89 Å². The van der Waals surface area contributed by atoms with Crippen molar-refractivity contribution in [2.45, 2.75) is 19.3 Å². The summed E-state index contributed by atoms with van der Waals surface area (Å²) in [5, 5.41) is 0. The fourth-order valence-electron chi connectivity index (χ4n) is 1.51. The zero-order valence-electron chi connectivity index (χ0n) is 7.86. The first kappa shape index (κ1) is 9.21. The van der Waals surface area contributed by atoms with Crippen molar-refractivity contribution in [3.8, 4) is 5.75 Å². The Hall–Kier alpha value is -1.35. The minimum atomic E-state index is 0.616. The molecule has 0 aliphatic carbocycles. The van der Waals surface area contributed by atoms with Gasteiger partial charge in [0, 0.05) is 5.56 Å². The zero-order valence-corrected chi connectivity index (χ0v) is 7.86. The molecule has 1 aliphatic rings. The van der Waals surface area contributed by atoms with E-state index >= 15 is 0 Å². The summed E-state index contributed by atoms with van der Waals surface area (Å²) in [6, 6.07) is 5.44. The van der Waals surface area contributed by atoms with E-state index in [1.807, 2.05) is 6.07 Å². The van der Waals surface area contributed by atoms with E-state index in [2.05, 4.69) is 0 Å². The molecular formula is C11H12O3. The van der Waals surface area contributed by atoms with Crippen LogP contribution in [-0.4, -0.2) is 12.9 Å². The molecule has 1 aromatic carbocycles. The quantitative estimate of drug-likeness (QED) is 0.505. The van der Waals surface area contributed by atoms with Crippen molar-refractivity contribution in [3.63, 3.8) is 0 Å². The molecule has 3 nitrogen and oxygen atoms in total. The summed E-state index contributed by atoms with van der Waals surface area (Å²) in [6.07, 6.45) is 3.89. The van der Waals surface area contributed by atoms with Crippen LogP contribution < -0.4 is 4.89 Å². The summed E-state index contributed by atoms with van der Waals surface area (Å²) < 4.78 is 0. The van der Waals surface area contributed by atoms with Crippen LogP contribution in [0.1, 0.15) is 28.8 Å². The largest absolute Gasteiger partial charge is 0.337 e. The maximum atomic E-state index is 10.5. The Morgan fingerprint density at radius 2 is 2.21 bits per heavy atom. The predicted molar refractivity (Wildman–Crippen MR) is 51.3 cm³/mol. The van der Waals surface area contributed by atoms with Gasteiger partial charge in [-0.15, -0.1) is 0 Å². The van der Waals surface area contributed by atoms with Gasteiger partial charge in [0.25, 0.3) is 0 Å². The number of carbonyl (C=O) groups excluding carboxylic acids is 1. The van der Waals surface area contributed by atoms with Crippen LogP contribution in [0.4, 0.5) is 0 Å². The maximum absolute atomic E-state index is 10.5. The van der Waals surface area contributed by atoms with E-state index in [1.165, 1.54) is 0 Å². The first-order valence-corrected chi connectivity index (χ1v) is 4.78. The van der Waals surface area contributed by atoms with E-state index < -0.39 is 0 Å². The highest BCUT2D eigenvalue weighted by atomic mass is 17.2. The zero-order chi connectivity index (χ0) is 9.80. The Labute approximate surface area is 82.6 Å². The molecule has 0 bridgehead atoms. The molecular weight excluding hydrogens is 180 g/mol. The molecule has 74 valence electrons. The molecule has 0 N–H and O–H groups in total. The van der Waals surface area contributed by atoms with Crippen LogP contribution in [-0.2, 0) is 11.3 Å². The minimum absolute atomic E-state index is 0.616. The number of carbonyl (C=O) groups is 1. The van der Waals surface area contributed by atoms with E-state index in [9.17, 15) is 4.79 Å². The summed E-state index contributed by atoms with van der Waals surface area (Å²) in [6.45, 7) is 0.616. The lowest BCUT2D eigenvalue weighted by Crippen LogP contribution is -2.06. The van der Waals surface area contributed by atoms with Crippen molar-refractivity contribution >= 4 is 6.29 Å². The van der Waals surface area contributed by atoms with Crippen LogP contribution in [0, 0.1) is 0 Å². The van der Waals surface area contributed by atoms with Gasteiger partial charge in [0.1, 0.15) is 6.29 Å². The molecule has 0 radical (unpaired) electrons. The molecule has 0 spiro atoms. The molecule has 14 heavy (non-hydrogen) atoms. The number of aryl methyl sites for hydroxylation is 1. The Bertz CT molecular complexity index is 333. The number of hydrogen-bond donors (Lipinski definition) is 0. The monoisotopic (exact) mass is 192 g/mol. The minimum Gasteiger partial charge on any atom is -0.337 e. The second kappa shape index (κ2) is 4.24. The normalized spacial score (nSPS) is 16.0. The molecule has 0 fully saturated rings. The molecule has 1 heterocycles. The van der Waals surface area contributed by atoms with Crippen molar-refractivity contribution in [2.75, 3.05) is 6.61 Å². The van der Waals surface area contributed by atoms with Crippen molar-refractivity contribution in [1.82, 2.24) is 0 Å². The maximum Gasteiger partial charge on any atom is 0.169 e. The average molecular weight is 192 g/mol. The fourth-order valence-corrected chi connectivity index (χ4v) is 1.51. The van der Waals surface area contributed by atoms with Gasteiger partial charge in [-0.3, -0.25) is 4.79 Å². The lowest BCUT2D eigenvalue weighted by atomic mass is 10.1. The number of aldehydes is 1. The molecule has 1 aromatic rings. The van der Waals surface area contributed by atoms with E-state index in [0.29, 0.717) is 17.9 Å². The van der Waals surface area contributed by atoms with Gasteiger partial charge in [-0.1, -0.05) is 12.1 Å². The molecule has 1 aliphatic heterocycles. The SMILES string of the molecule is O=Cc1ccc2c(c1)OOCCCC2. The number of benzene rings is 1. The van der Waals surface area contributed by atoms with E-state index in [-0.39, 0.29) is 0 Å². The van der Waals surface area contributed by atoms with Crippen LogP contribution in [0.2, 0.25) is 0 Å². The fraction of sp³-hybridized carbons (Fsp3) is 0.364. The third-order valence-electron chi connectivity index (χ3n) is 2.30. The Morgan fingerprint density at radius 1 is 1.29 bits per heavy atom. The van der Waals surface area contributed by atoms with Crippen LogP contribution >= 0.6 is 0 Å². The molecule has 3 heteroatoms. The van der Waals surface area contributed by atoms with Gasteiger partial charge >= 0.3 is 0 Å². The van der Waals surface area contributed by atoms with E-state index in [1.54, 1.807) is 12.1 Å². The van der Waals surface area contributed by atoms with Crippen molar-refractivity contribution < 1.29 is 14.6 Å². The van der Waals surface area contributed by atoms with Gasteiger partial charge in [0.2, 0.25) is 0 Å². The van der Waals surface area contributed by atoms with Gasteiger partial charge in [-0.05, 0) is 30.9 Å². The average Bonchev–Trinajstić information content (AvgIpc) is 2.18. The van der Waals surface area contributed by atoms with Crippen LogP contribution in [0.5, 0.6) is 5.75 Å². The van der Waals surface area contributed by atoms with Crippen LogP contribution in [0.25, 0.3) is 0 Å². The highest BCUT2D eigenvalue weighted by Crippen LogP contribution is 2.23. The molecule has 0 unspecified atom stereocenters. The standard InChI is InChI=1S/C11H12O3/c12-8-9-4-5-10-3-1-2-6-13-14-11(10)7-9/h4-5,7-8H,1-3,6H2. The lowest BCUT2D eigenvalue weighted by molar-refractivity contribution is -0.209. The molecule has 0 atom stereocenters. The molecule has 0 aromatic heterocycles. The Morgan fingerprint density at radius 3 is 3.07 bits per heavy atom. The second-order valence-electron chi connectivity index (χ2n) is 3.35. The van der Waals surface area contributed by atoms with Crippen molar-refractivity contribution in [2.24, 2.45) is 0 Å². The molecule has 2 rings (SSSR count). The van der Waals surface area contributed by atoms with Gasteiger partial charge in [0.15, 0.2) is 5.75 Å². The highest BCUT2D eigenvalue weighted by Gasteiger charge is 2.09. The third kappa shape index (κ3) is 1.93. The first-order valence-electron chi connectivity index (χ1n) is 4.78.